The summed E-state index contributed by atoms with van der Waals surface area (Å²) in [7, 11) is 1.51. The molecule has 8 nitrogen and oxygen atoms in total. The molecular formula is C32H28Cl2F2N4O4. The van der Waals surface area contributed by atoms with E-state index in [1.54, 1.807) is 38.1 Å². The Hall–Kier alpha value is -4.02. The summed E-state index contributed by atoms with van der Waals surface area (Å²) in [6, 6.07) is 9.10. The van der Waals surface area contributed by atoms with E-state index >= 15 is 0 Å². The minimum atomic E-state index is -1.22. The Kier molecular flexibility index (Phi) is 7.62. The molecule has 6 rings (SSSR count). The van der Waals surface area contributed by atoms with Crippen LogP contribution in [0.1, 0.15) is 53.0 Å². The lowest BCUT2D eigenvalue weighted by Crippen LogP contribution is -2.40. The van der Waals surface area contributed by atoms with Crippen molar-refractivity contribution >= 4 is 45.9 Å². The molecule has 3 N–H and O–H groups in total. The maximum Gasteiger partial charge on any atom is 0.251 e. The number of benzene rings is 2. The quantitative estimate of drug-likeness (QED) is 0.220. The molecule has 2 aliphatic rings. The van der Waals surface area contributed by atoms with Crippen molar-refractivity contribution in [1.29, 1.82) is 0 Å². The van der Waals surface area contributed by atoms with Crippen molar-refractivity contribution in [2.75, 3.05) is 20.3 Å². The highest BCUT2D eigenvalue weighted by molar-refractivity contribution is 6.33. The van der Waals surface area contributed by atoms with Gasteiger partial charge in [-0.25, -0.2) is 18.7 Å². The van der Waals surface area contributed by atoms with Gasteiger partial charge in [0.25, 0.3) is 5.91 Å². The fraction of sp³-hybridized carbons (Fsp3) is 0.312. The second-order valence-corrected chi connectivity index (χ2v) is 12.2. The Bertz CT molecular complexity index is 1870. The lowest BCUT2D eigenvalue weighted by molar-refractivity contribution is -0.123. The molecule has 2 aromatic carbocycles. The maximum absolute atomic E-state index is 14.6. The summed E-state index contributed by atoms with van der Waals surface area (Å²) in [5.74, 6) is -2.70. The summed E-state index contributed by atoms with van der Waals surface area (Å²) in [5.41, 5.74) is 7.49. The molecule has 0 radical (unpaired) electrons. The molecule has 0 spiro atoms. The number of aryl methyl sites for hydroxylation is 1. The van der Waals surface area contributed by atoms with E-state index < -0.39 is 28.0 Å². The van der Waals surface area contributed by atoms with Crippen molar-refractivity contribution in [2.24, 2.45) is 11.7 Å². The molecule has 1 aliphatic heterocycles. The molecule has 4 aromatic rings. The highest BCUT2D eigenvalue weighted by Gasteiger charge is 2.45. The number of methoxy groups -OCH3 is 1. The first kappa shape index (κ1) is 30.0. The lowest BCUT2D eigenvalue weighted by Gasteiger charge is -2.22. The average molecular weight is 642 g/mol. The third-order valence-electron chi connectivity index (χ3n) is 8.47. The molecule has 1 aliphatic carbocycles. The minimum Gasteiger partial charge on any atom is -0.494 e. The number of pyridine rings is 2. The van der Waals surface area contributed by atoms with Gasteiger partial charge in [0.15, 0.2) is 11.6 Å². The van der Waals surface area contributed by atoms with Gasteiger partial charge in [-0.3, -0.25) is 9.59 Å². The van der Waals surface area contributed by atoms with E-state index in [0.717, 1.165) is 18.9 Å². The van der Waals surface area contributed by atoms with E-state index in [1.165, 1.54) is 13.2 Å². The number of rotatable bonds is 8. The van der Waals surface area contributed by atoms with Gasteiger partial charge in [0, 0.05) is 40.2 Å². The fourth-order valence-electron chi connectivity index (χ4n) is 5.61. The van der Waals surface area contributed by atoms with Crippen LogP contribution in [-0.4, -0.2) is 42.0 Å². The molecule has 2 amide bonds. The predicted octanol–water partition coefficient (Wildman–Crippen LogP) is 6.26. The van der Waals surface area contributed by atoms with Gasteiger partial charge >= 0.3 is 0 Å². The highest BCUT2D eigenvalue weighted by Crippen LogP contribution is 2.49. The summed E-state index contributed by atoms with van der Waals surface area (Å²) in [6.07, 6.45) is 1.80. The number of carbonyl (C=O) groups is 2. The molecule has 0 saturated heterocycles. The number of nitrogens with two attached hydrogens (primary N) is 1. The van der Waals surface area contributed by atoms with Crippen molar-refractivity contribution in [3.05, 3.63) is 80.6 Å². The van der Waals surface area contributed by atoms with Crippen LogP contribution in [0.15, 0.2) is 36.4 Å². The number of nitrogens with one attached hydrogen (secondary N) is 1. The van der Waals surface area contributed by atoms with Gasteiger partial charge in [-0.1, -0.05) is 23.2 Å². The van der Waals surface area contributed by atoms with Crippen LogP contribution in [0.5, 0.6) is 11.5 Å². The van der Waals surface area contributed by atoms with Gasteiger partial charge < -0.3 is 20.5 Å². The average Bonchev–Trinajstić information content (AvgIpc) is 3.78. The minimum absolute atomic E-state index is 0.0515. The van der Waals surface area contributed by atoms with Crippen LogP contribution < -0.4 is 20.5 Å². The zero-order valence-corrected chi connectivity index (χ0v) is 25.6. The Labute approximate surface area is 261 Å². The van der Waals surface area contributed by atoms with Gasteiger partial charge in [0.1, 0.15) is 34.7 Å². The number of halogens is 4. The number of hydrogen-bond acceptors (Lipinski definition) is 6. The molecule has 228 valence electrons. The number of aromatic nitrogens is 2. The van der Waals surface area contributed by atoms with Crippen molar-refractivity contribution in [3.63, 3.8) is 0 Å². The fourth-order valence-corrected chi connectivity index (χ4v) is 6.01. The van der Waals surface area contributed by atoms with Gasteiger partial charge in [0.05, 0.1) is 22.8 Å². The van der Waals surface area contributed by atoms with Crippen LogP contribution in [0.2, 0.25) is 10.0 Å². The van der Waals surface area contributed by atoms with Crippen LogP contribution in [0.25, 0.3) is 22.2 Å². The van der Waals surface area contributed by atoms with Gasteiger partial charge in [0.2, 0.25) is 5.91 Å². The first-order chi connectivity index (χ1) is 20.9. The number of carbonyl (C=O) groups excluding carboxylic acids is 2. The van der Waals surface area contributed by atoms with Gasteiger partial charge in [-0.15, -0.1) is 0 Å². The smallest absolute Gasteiger partial charge is 0.251 e. The zero-order chi connectivity index (χ0) is 31.5. The SMILES string of the molecule is COc1cc(C(=O)NC[C@H](c2cc3c(c(-c4ccc(F)c(F)c4Cl)n2)OC[C@]3(C)C(N)=O)C2CC2)cc2cc(Cl)c(C)nc12. The molecule has 12 heteroatoms. The number of nitrogens with zero attached hydrogens (tertiary/aromatic N) is 2. The van der Waals surface area contributed by atoms with Crippen LogP contribution in [0, 0.1) is 24.5 Å². The van der Waals surface area contributed by atoms with E-state index in [9.17, 15) is 18.4 Å². The van der Waals surface area contributed by atoms with Crippen molar-refractivity contribution in [2.45, 2.75) is 38.0 Å². The number of hydrogen-bond donors (Lipinski definition) is 2. The Morgan fingerprint density at radius 3 is 2.61 bits per heavy atom. The van der Waals surface area contributed by atoms with Crippen molar-refractivity contribution < 1.29 is 27.8 Å². The summed E-state index contributed by atoms with van der Waals surface area (Å²) < 4.78 is 39.9. The number of primary amides is 1. The molecular weight excluding hydrogens is 613 g/mol. The van der Waals surface area contributed by atoms with E-state index in [-0.39, 0.29) is 47.9 Å². The van der Waals surface area contributed by atoms with Crippen LogP contribution in [-0.2, 0) is 10.2 Å². The molecule has 0 unspecified atom stereocenters. The molecule has 44 heavy (non-hydrogen) atoms. The first-order valence-corrected chi connectivity index (χ1v) is 14.7. The predicted molar refractivity (Wildman–Crippen MR) is 162 cm³/mol. The Balaban J connectivity index is 1.38. The topological polar surface area (TPSA) is 116 Å². The molecule has 2 atom stereocenters. The Morgan fingerprint density at radius 1 is 1.18 bits per heavy atom. The largest absolute Gasteiger partial charge is 0.494 e. The van der Waals surface area contributed by atoms with E-state index in [1.807, 2.05) is 0 Å². The second kappa shape index (κ2) is 11.2. The second-order valence-electron chi connectivity index (χ2n) is 11.4. The third-order valence-corrected chi connectivity index (χ3v) is 9.23. The third kappa shape index (κ3) is 5.09. The van der Waals surface area contributed by atoms with E-state index in [2.05, 4.69) is 10.3 Å². The number of ether oxygens (including phenoxy) is 2. The van der Waals surface area contributed by atoms with Gasteiger partial charge in [-0.2, -0.15) is 0 Å². The van der Waals surface area contributed by atoms with Crippen molar-refractivity contribution in [3.8, 4) is 22.8 Å². The first-order valence-electron chi connectivity index (χ1n) is 14.0. The number of fused-ring (bicyclic) bond motifs is 2. The van der Waals surface area contributed by atoms with Gasteiger partial charge in [-0.05, 0) is 69.0 Å². The number of amides is 2. The molecule has 1 fully saturated rings. The maximum atomic E-state index is 14.6. The summed E-state index contributed by atoms with van der Waals surface area (Å²) in [6.45, 7) is 3.61. The standard InChI is InChI=1S/C32H28Cl2F2N4O4/c1-14-21(33)9-16-8-17(10-24(43-3)27(16)39-14)30(41)38-12-19(15-4-5-15)23-11-20-29(44-13-32(20,2)31(37)42)28(40-23)18-6-7-22(35)26(36)25(18)34/h6-11,15,19H,4-5,12-13H2,1-3H3,(H2,37,42)(H,38,41)/t19-,32-/m0/s1. The van der Waals surface area contributed by atoms with Crippen LogP contribution in [0.3, 0.4) is 0 Å². The summed E-state index contributed by atoms with van der Waals surface area (Å²) in [5, 5.41) is 3.68. The van der Waals surface area contributed by atoms with Crippen molar-refractivity contribution in [1.82, 2.24) is 15.3 Å². The van der Waals surface area contributed by atoms with E-state index in [0.29, 0.717) is 44.2 Å². The zero-order valence-electron chi connectivity index (χ0n) is 24.1. The highest BCUT2D eigenvalue weighted by atomic mass is 35.5. The lowest BCUT2D eigenvalue weighted by atomic mass is 9.82. The molecule has 2 aromatic heterocycles. The molecule has 3 heterocycles. The normalized spacial score (nSPS) is 18.1. The summed E-state index contributed by atoms with van der Waals surface area (Å²) in [4.78, 5) is 35.4. The van der Waals surface area contributed by atoms with Crippen LogP contribution >= 0.6 is 23.2 Å². The molecule has 0 bridgehead atoms. The van der Waals surface area contributed by atoms with Crippen LogP contribution in [0.4, 0.5) is 8.78 Å². The van der Waals surface area contributed by atoms with E-state index in [4.69, 9.17) is 43.4 Å². The molecule has 1 saturated carbocycles. The monoisotopic (exact) mass is 640 g/mol. The Morgan fingerprint density at radius 2 is 1.93 bits per heavy atom. The summed E-state index contributed by atoms with van der Waals surface area (Å²) >= 11 is 12.5.